The molecule has 2 aromatic rings. The van der Waals surface area contributed by atoms with Crippen molar-refractivity contribution < 1.29 is 4.42 Å². The van der Waals surface area contributed by atoms with Crippen LogP contribution in [0.3, 0.4) is 0 Å². The summed E-state index contributed by atoms with van der Waals surface area (Å²) in [7, 11) is 0. The molecule has 0 saturated heterocycles. The monoisotopic (exact) mass is 233 g/mol. The highest BCUT2D eigenvalue weighted by Gasteiger charge is 2.11. The van der Waals surface area contributed by atoms with Crippen LogP contribution in [0.25, 0.3) is 0 Å². The van der Waals surface area contributed by atoms with Gasteiger partial charge in [-0.2, -0.15) is 5.26 Å². The fourth-order valence-electron chi connectivity index (χ4n) is 1.29. The average Bonchev–Trinajstić information content (AvgIpc) is 2.95. The van der Waals surface area contributed by atoms with Crippen LogP contribution in [0.15, 0.2) is 21.9 Å². The zero-order chi connectivity index (χ0) is 11.4. The van der Waals surface area contributed by atoms with Crippen LogP contribution in [0.4, 0.5) is 5.88 Å². The van der Waals surface area contributed by atoms with Gasteiger partial charge in [-0.1, -0.05) is 13.0 Å². The van der Waals surface area contributed by atoms with Crippen molar-refractivity contribution in [2.45, 2.75) is 19.9 Å². The molecule has 0 unspecified atom stereocenters. The lowest BCUT2D eigenvalue weighted by molar-refractivity contribution is 0.512. The average molecular weight is 233 g/mol. The van der Waals surface area contributed by atoms with Gasteiger partial charge in [0.05, 0.1) is 6.54 Å². The number of rotatable bonds is 4. The van der Waals surface area contributed by atoms with E-state index in [4.69, 9.17) is 9.68 Å². The molecule has 0 atom stereocenters. The number of hydrogen-bond acceptors (Lipinski definition) is 5. The van der Waals surface area contributed by atoms with E-state index >= 15 is 0 Å². The van der Waals surface area contributed by atoms with Gasteiger partial charge in [0.25, 0.3) is 0 Å². The molecule has 0 aliphatic rings. The Morgan fingerprint density at radius 3 is 3.12 bits per heavy atom. The second kappa shape index (κ2) is 4.81. The topological polar surface area (TPSA) is 61.9 Å². The van der Waals surface area contributed by atoms with Crippen molar-refractivity contribution in [1.29, 1.82) is 5.26 Å². The zero-order valence-electron chi connectivity index (χ0n) is 8.86. The van der Waals surface area contributed by atoms with Crippen molar-refractivity contribution in [3.05, 3.63) is 34.0 Å². The van der Waals surface area contributed by atoms with Gasteiger partial charge in [-0.3, -0.25) is 0 Å². The van der Waals surface area contributed by atoms with E-state index in [0.29, 0.717) is 30.4 Å². The van der Waals surface area contributed by atoms with Gasteiger partial charge in [0.15, 0.2) is 5.89 Å². The molecule has 0 fully saturated rings. The molecule has 0 aliphatic carbocycles. The number of nitrogens with one attached hydrogen (secondary N) is 1. The quantitative estimate of drug-likeness (QED) is 0.882. The molecule has 0 aromatic carbocycles. The lowest BCUT2D eigenvalue weighted by Crippen LogP contribution is -1.97. The Hall–Kier alpha value is -1.80. The highest BCUT2D eigenvalue weighted by atomic mass is 32.1. The lowest BCUT2D eigenvalue weighted by Gasteiger charge is -1.99. The molecule has 0 aliphatic heterocycles. The van der Waals surface area contributed by atoms with E-state index in [0.717, 1.165) is 0 Å². The summed E-state index contributed by atoms with van der Waals surface area (Å²) in [6.45, 7) is 2.60. The minimum atomic E-state index is 0.327. The van der Waals surface area contributed by atoms with Crippen molar-refractivity contribution in [1.82, 2.24) is 4.98 Å². The summed E-state index contributed by atoms with van der Waals surface area (Å²) in [5.41, 5.74) is 0.327. The van der Waals surface area contributed by atoms with E-state index in [1.54, 1.807) is 11.3 Å². The second-order valence-electron chi connectivity index (χ2n) is 3.18. The van der Waals surface area contributed by atoms with E-state index in [1.807, 2.05) is 30.5 Å². The highest BCUT2D eigenvalue weighted by Crippen LogP contribution is 2.18. The molecule has 16 heavy (non-hydrogen) atoms. The molecule has 2 rings (SSSR count). The fourth-order valence-corrected chi connectivity index (χ4v) is 1.94. The van der Waals surface area contributed by atoms with Gasteiger partial charge in [-0.25, -0.2) is 4.98 Å². The SMILES string of the molecule is CCc1nc(C#N)c(NCc2cccs2)o1. The Bertz CT molecular complexity index is 496. The van der Waals surface area contributed by atoms with Gasteiger partial charge < -0.3 is 9.73 Å². The van der Waals surface area contributed by atoms with Gasteiger partial charge in [0, 0.05) is 11.3 Å². The maximum absolute atomic E-state index is 8.87. The van der Waals surface area contributed by atoms with E-state index in [1.165, 1.54) is 4.88 Å². The van der Waals surface area contributed by atoms with Crippen LogP contribution in [-0.2, 0) is 13.0 Å². The number of anilines is 1. The molecule has 2 aromatic heterocycles. The van der Waals surface area contributed by atoms with Crippen LogP contribution in [-0.4, -0.2) is 4.98 Å². The molecule has 82 valence electrons. The molecule has 0 bridgehead atoms. The van der Waals surface area contributed by atoms with E-state index < -0.39 is 0 Å². The van der Waals surface area contributed by atoms with Gasteiger partial charge in [-0.05, 0) is 11.4 Å². The molecule has 0 amide bonds. The van der Waals surface area contributed by atoms with Crippen molar-refractivity contribution in [2.24, 2.45) is 0 Å². The summed E-state index contributed by atoms with van der Waals surface area (Å²) in [4.78, 5) is 5.25. The first kappa shape index (κ1) is 10.7. The molecule has 1 N–H and O–H groups in total. The minimum Gasteiger partial charge on any atom is -0.424 e. The normalized spacial score (nSPS) is 10.0. The molecule has 2 heterocycles. The van der Waals surface area contributed by atoms with Gasteiger partial charge in [-0.15, -0.1) is 11.3 Å². The molecule has 5 heteroatoms. The third-order valence-electron chi connectivity index (χ3n) is 2.08. The summed E-state index contributed by atoms with van der Waals surface area (Å²) in [5.74, 6) is 1.05. The van der Waals surface area contributed by atoms with Crippen LogP contribution < -0.4 is 5.32 Å². The summed E-state index contributed by atoms with van der Waals surface area (Å²) >= 11 is 1.66. The molecule has 0 saturated carbocycles. The Labute approximate surface area is 97.5 Å². The van der Waals surface area contributed by atoms with Crippen LogP contribution in [0.1, 0.15) is 23.4 Å². The minimum absolute atomic E-state index is 0.327. The molecule has 0 radical (unpaired) electrons. The molecule has 0 spiro atoms. The Morgan fingerprint density at radius 2 is 2.50 bits per heavy atom. The van der Waals surface area contributed by atoms with Crippen molar-refractivity contribution in [3.63, 3.8) is 0 Å². The predicted octanol–water partition coefficient (Wildman–Crippen LogP) is 2.78. The summed E-state index contributed by atoms with van der Waals surface area (Å²) in [6, 6.07) is 6.04. The third-order valence-corrected chi connectivity index (χ3v) is 2.96. The predicted molar refractivity (Wildman–Crippen MR) is 62.2 cm³/mol. The Balaban J connectivity index is 2.09. The lowest BCUT2D eigenvalue weighted by atomic mass is 10.4. The number of aryl methyl sites for hydroxylation is 1. The van der Waals surface area contributed by atoms with Crippen LogP contribution >= 0.6 is 11.3 Å². The van der Waals surface area contributed by atoms with E-state index in [-0.39, 0.29) is 0 Å². The standard InChI is InChI=1S/C11H11N3OS/c1-2-10-14-9(6-12)11(15-10)13-7-8-4-3-5-16-8/h3-5,13H,2,7H2,1H3. The van der Waals surface area contributed by atoms with E-state index in [9.17, 15) is 0 Å². The number of aromatic nitrogens is 1. The molecular weight excluding hydrogens is 222 g/mol. The maximum atomic E-state index is 8.87. The number of oxazole rings is 1. The van der Waals surface area contributed by atoms with Crippen LogP contribution in [0, 0.1) is 11.3 Å². The number of thiophene rings is 1. The smallest absolute Gasteiger partial charge is 0.232 e. The summed E-state index contributed by atoms with van der Waals surface area (Å²) < 4.78 is 5.41. The first-order chi connectivity index (χ1) is 7.83. The van der Waals surface area contributed by atoms with Gasteiger partial charge in [0.1, 0.15) is 6.07 Å². The van der Waals surface area contributed by atoms with E-state index in [2.05, 4.69) is 10.3 Å². The second-order valence-corrected chi connectivity index (χ2v) is 4.22. The molecular formula is C11H11N3OS. The maximum Gasteiger partial charge on any atom is 0.232 e. The zero-order valence-corrected chi connectivity index (χ0v) is 9.67. The Morgan fingerprint density at radius 1 is 1.62 bits per heavy atom. The van der Waals surface area contributed by atoms with Crippen molar-refractivity contribution >= 4 is 17.2 Å². The third kappa shape index (κ3) is 2.23. The summed E-state index contributed by atoms with van der Waals surface area (Å²) in [6.07, 6.45) is 0.690. The number of nitrogens with zero attached hydrogens (tertiary/aromatic N) is 2. The summed E-state index contributed by atoms with van der Waals surface area (Å²) in [5, 5.41) is 14.0. The van der Waals surface area contributed by atoms with Gasteiger partial charge in [0.2, 0.25) is 11.6 Å². The van der Waals surface area contributed by atoms with Crippen LogP contribution in [0.5, 0.6) is 0 Å². The van der Waals surface area contributed by atoms with Gasteiger partial charge >= 0.3 is 0 Å². The number of nitriles is 1. The van der Waals surface area contributed by atoms with Crippen molar-refractivity contribution in [3.8, 4) is 6.07 Å². The fraction of sp³-hybridized carbons (Fsp3) is 0.273. The van der Waals surface area contributed by atoms with Crippen molar-refractivity contribution in [2.75, 3.05) is 5.32 Å². The largest absolute Gasteiger partial charge is 0.424 e. The molecule has 4 nitrogen and oxygen atoms in total. The first-order valence-corrected chi connectivity index (χ1v) is 5.87. The van der Waals surface area contributed by atoms with Crippen LogP contribution in [0.2, 0.25) is 0 Å². The first-order valence-electron chi connectivity index (χ1n) is 4.99. The Kier molecular flexibility index (Phi) is 3.22. The number of hydrogen-bond donors (Lipinski definition) is 1. The highest BCUT2D eigenvalue weighted by molar-refractivity contribution is 7.09.